The van der Waals surface area contributed by atoms with Gasteiger partial charge in [0.15, 0.2) is 0 Å². The minimum atomic E-state index is 0.0132. The van der Waals surface area contributed by atoms with Gasteiger partial charge in [-0.25, -0.2) is 0 Å². The van der Waals surface area contributed by atoms with Crippen LogP contribution < -0.4 is 5.32 Å². The Morgan fingerprint density at radius 1 is 1.32 bits per heavy atom. The largest absolute Gasteiger partial charge is 0.396 e. The molecule has 0 aliphatic rings. The van der Waals surface area contributed by atoms with Crippen molar-refractivity contribution in [3.8, 4) is 0 Å². The second kappa shape index (κ2) is 8.70. The fraction of sp³-hybridized carbons (Fsp3) is 0.562. The highest BCUT2D eigenvalue weighted by Gasteiger charge is 2.15. The maximum atomic E-state index is 11.9. The Labute approximate surface area is 116 Å². The van der Waals surface area contributed by atoms with Gasteiger partial charge >= 0.3 is 0 Å². The first-order valence-electron chi connectivity index (χ1n) is 7.12. The summed E-state index contributed by atoms with van der Waals surface area (Å²) < 4.78 is 0. The zero-order valence-corrected chi connectivity index (χ0v) is 11.9. The van der Waals surface area contributed by atoms with Crippen LogP contribution in [0.4, 0.5) is 0 Å². The van der Waals surface area contributed by atoms with E-state index in [0.29, 0.717) is 6.42 Å². The van der Waals surface area contributed by atoms with Gasteiger partial charge in [0.2, 0.25) is 5.91 Å². The van der Waals surface area contributed by atoms with E-state index in [-0.39, 0.29) is 24.5 Å². The minimum Gasteiger partial charge on any atom is -0.396 e. The van der Waals surface area contributed by atoms with E-state index in [2.05, 4.69) is 12.2 Å². The molecule has 3 heteroatoms. The number of amides is 1. The highest BCUT2D eigenvalue weighted by molar-refractivity contribution is 5.76. The van der Waals surface area contributed by atoms with Gasteiger partial charge < -0.3 is 10.4 Å². The first-order chi connectivity index (χ1) is 9.17. The van der Waals surface area contributed by atoms with Gasteiger partial charge in [0.05, 0.1) is 6.04 Å². The van der Waals surface area contributed by atoms with Gasteiger partial charge in [0.1, 0.15) is 0 Å². The molecule has 0 heterocycles. The number of aliphatic hydroxyl groups is 1. The number of rotatable bonds is 8. The van der Waals surface area contributed by atoms with E-state index < -0.39 is 0 Å². The summed E-state index contributed by atoms with van der Waals surface area (Å²) in [7, 11) is 0. The first kappa shape index (κ1) is 15.7. The van der Waals surface area contributed by atoms with Crippen LogP contribution in [-0.4, -0.2) is 17.6 Å². The predicted octanol–water partition coefficient (Wildman–Crippen LogP) is 3.05. The molecule has 1 aromatic carbocycles. The molecule has 1 amide bonds. The van der Waals surface area contributed by atoms with E-state index in [1.54, 1.807) is 0 Å². The van der Waals surface area contributed by atoms with Gasteiger partial charge in [-0.05, 0) is 24.8 Å². The van der Waals surface area contributed by atoms with Gasteiger partial charge in [-0.1, -0.05) is 50.1 Å². The molecule has 106 valence electrons. The summed E-state index contributed by atoms with van der Waals surface area (Å²) in [5.74, 6) is 0.106. The highest BCUT2D eigenvalue weighted by Crippen LogP contribution is 2.15. The van der Waals surface area contributed by atoms with Crippen LogP contribution in [-0.2, 0) is 4.79 Å². The van der Waals surface area contributed by atoms with Crippen LogP contribution in [0.25, 0.3) is 0 Å². The quantitative estimate of drug-likeness (QED) is 0.757. The molecule has 0 radical (unpaired) electrons. The maximum Gasteiger partial charge on any atom is 0.220 e. The minimum absolute atomic E-state index is 0.0132. The Kier molecular flexibility index (Phi) is 7.19. The van der Waals surface area contributed by atoms with Crippen molar-refractivity contribution >= 4 is 5.91 Å². The molecule has 0 saturated carbocycles. The van der Waals surface area contributed by atoms with E-state index in [1.807, 2.05) is 37.3 Å². The Balaban J connectivity index is 2.41. The lowest BCUT2D eigenvalue weighted by Crippen LogP contribution is -2.29. The zero-order chi connectivity index (χ0) is 14.1. The van der Waals surface area contributed by atoms with E-state index in [4.69, 9.17) is 0 Å². The molecule has 0 aromatic heterocycles. The predicted molar refractivity (Wildman–Crippen MR) is 77.7 cm³/mol. The molecule has 0 unspecified atom stereocenters. The van der Waals surface area contributed by atoms with Crippen LogP contribution in [0, 0.1) is 5.92 Å². The van der Waals surface area contributed by atoms with Crippen molar-refractivity contribution < 1.29 is 9.90 Å². The summed E-state index contributed by atoms with van der Waals surface area (Å²) in [5, 5.41) is 12.3. The number of hydrogen-bond donors (Lipinski definition) is 2. The Morgan fingerprint density at radius 3 is 2.58 bits per heavy atom. The maximum absolute atomic E-state index is 11.9. The monoisotopic (exact) mass is 263 g/mol. The van der Waals surface area contributed by atoms with Gasteiger partial charge in [-0.3, -0.25) is 4.79 Å². The molecular weight excluding hydrogens is 238 g/mol. The number of unbranched alkanes of at least 4 members (excludes halogenated alkanes) is 1. The van der Waals surface area contributed by atoms with Crippen LogP contribution in [0.15, 0.2) is 30.3 Å². The van der Waals surface area contributed by atoms with Gasteiger partial charge in [0, 0.05) is 13.0 Å². The third kappa shape index (κ3) is 5.88. The molecule has 0 saturated heterocycles. The molecule has 0 bridgehead atoms. The molecule has 3 nitrogen and oxygen atoms in total. The van der Waals surface area contributed by atoms with Crippen LogP contribution in [0.3, 0.4) is 0 Å². The molecule has 0 fully saturated rings. The lowest BCUT2D eigenvalue weighted by Gasteiger charge is -2.17. The highest BCUT2D eigenvalue weighted by atomic mass is 16.3. The molecule has 1 aromatic rings. The van der Waals surface area contributed by atoms with Crippen LogP contribution in [0.2, 0.25) is 0 Å². The van der Waals surface area contributed by atoms with Crippen molar-refractivity contribution in [3.05, 3.63) is 35.9 Å². The topological polar surface area (TPSA) is 49.3 Å². The van der Waals surface area contributed by atoms with Crippen molar-refractivity contribution in [1.82, 2.24) is 5.32 Å². The number of nitrogens with one attached hydrogen (secondary N) is 1. The fourth-order valence-corrected chi connectivity index (χ4v) is 2.14. The average Bonchev–Trinajstić information content (AvgIpc) is 2.44. The van der Waals surface area contributed by atoms with Crippen molar-refractivity contribution in [3.63, 3.8) is 0 Å². The summed E-state index contributed by atoms with van der Waals surface area (Å²) in [5.41, 5.74) is 1.10. The van der Waals surface area contributed by atoms with Crippen molar-refractivity contribution in [2.24, 2.45) is 5.92 Å². The zero-order valence-electron chi connectivity index (χ0n) is 11.9. The third-order valence-corrected chi connectivity index (χ3v) is 3.38. The molecule has 0 spiro atoms. The van der Waals surface area contributed by atoms with E-state index in [0.717, 1.165) is 24.8 Å². The van der Waals surface area contributed by atoms with E-state index in [9.17, 15) is 9.90 Å². The summed E-state index contributed by atoms with van der Waals surface area (Å²) in [6.45, 7) is 4.19. The van der Waals surface area contributed by atoms with Crippen molar-refractivity contribution in [2.75, 3.05) is 6.61 Å². The third-order valence-electron chi connectivity index (χ3n) is 3.38. The second-order valence-corrected chi connectivity index (χ2v) is 5.09. The number of benzene rings is 1. The summed E-state index contributed by atoms with van der Waals surface area (Å²) in [4.78, 5) is 11.9. The summed E-state index contributed by atoms with van der Waals surface area (Å²) in [6.07, 6.45) is 3.49. The first-order valence-corrected chi connectivity index (χ1v) is 7.12. The number of carbonyl (C=O) groups is 1. The standard InChI is InChI=1S/C16H25NO2/c1-3-4-8-14(12-18)11-16(19)17-13(2)15-9-6-5-7-10-15/h5-7,9-10,13-14,18H,3-4,8,11-12H2,1-2H3,(H,17,19)/t13-,14+/m1/s1. The van der Waals surface area contributed by atoms with E-state index >= 15 is 0 Å². The molecule has 0 aliphatic heterocycles. The number of carbonyl (C=O) groups excluding carboxylic acids is 1. The normalized spacial score (nSPS) is 13.8. The lowest BCUT2D eigenvalue weighted by molar-refractivity contribution is -0.123. The molecule has 2 N–H and O–H groups in total. The Hall–Kier alpha value is -1.35. The summed E-state index contributed by atoms with van der Waals surface area (Å²) in [6, 6.07) is 9.92. The molecule has 19 heavy (non-hydrogen) atoms. The second-order valence-electron chi connectivity index (χ2n) is 5.09. The van der Waals surface area contributed by atoms with Crippen molar-refractivity contribution in [1.29, 1.82) is 0 Å². The smallest absolute Gasteiger partial charge is 0.220 e. The van der Waals surface area contributed by atoms with Gasteiger partial charge in [-0.15, -0.1) is 0 Å². The molecule has 2 atom stereocenters. The lowest BCUT2D eigenvalue weighted by atomic mass is 9.98. The van der Waals surface area contributed by atoms with Crippen LogP contribution in [0.5, 0.6) is 0 Å². The number of aliphatic hydroxyl groups excluding tert-OH is 1. The summed E-state index contributed by atoms with van der Waals surface area (Å²) >= 11 is 0. The van der Waals surface area contributed by atoms with Crippen LogP contribution >= 0.6 is 0 Å². The van der Waals surface area contributed by atoms with Crippen molar-refractivity contribution in [2.45, 2.75) is 45.6 Å². The average molecular weight is 263 g/mol. The van der Waals surface area contributed by atoms with Crippen LogP contribution in [0.1, 0.15) is 51.1 Å². The SMILES string of the molecule is CCCC[C@H](CO)CC(=O)N[C@H](C)c1ccccc1. The number of hydrogen-bond acceptors (Lipinski definition) is 2. The van der Waals surface area contributed by atoms with Gasteiger partial charge in [0.25, 0.3) is 0 Å². The molecular formula is C16H25NO2. The molecule has 1 rings (SSSR count). The fourth-order valence-electron chi connectivity index (χ4n) is 2.14. The molecule has 0 aliphatic carbocycles. The Morgan fingerprint density at radius 2 is 2.00 bits per heavy atom. The van der Waals surface area contributed by atoms with E-state index in [1.165, 1.54) is 0 Å². The van der Waals surface area contributed by atoms with Gasteiger partial charge in [-0.2, -0.15) is 0 Å². The Bertz CT molecular complexity index is 364.